The molecule has 1 saturated heterocycles. The van der Waals surface area contributed by atoms with Crippen molar-refractivity contribution in [3.05, 3.63) is 60.2 Å². The van der Waals surface area contributed by atoms with Crippen LogP contribution in [0.2, 0.25) is 0 Å². The van der Waals surface area contributed by atoms with Crippen LogP contribution in [0.25, 0.3) is 21.5 Å². The van der Waals surface area contributed by atoms with E-state index in [9.17, 15) is 0 Å². The van der Waals surface area contributed by atoms with Gasteiger partial charge >= 0.3 is 0 Å². The molecule has 1 fully saturated rings. The molecule has 0 amide bonds. The molecule has 0 aromatic heterocycles. The van der Waals surface area contributed by atoms with Crippen LogP contribution in [0.4, 0.5) is 0 Å². The zero-order valence-corrected chi connectivity index (χ0v) is 14.1. The van der Waals surface area contributed by atoms with Crippen molar-refractivity contribution in [1.29, 1.82) is 0 Å². The highest BCUT2D eigenvalue weighted by Crippen LogP contribution is 2.25. The summed E-state index contributed by atoms with van der Waals surface area (Å²) in [6.07, 6.45) is 0. The molecule has 3 nitrogen and oxygen atoms in total. The summed E-state index contributed by atoms with van der Waals surface area (Å²) in [5.74, 6) is 0. The van der Waals surface area contributed by atoms with Crippen molar-refractivity contribution in [3.63, 3.8) is 0 Å². The summed E-state index contributed by atoms with van der Waals surface area (Å²) in [7, 11) is 0. The molecule has 1 heterocycles. The van der Waals surface area contributed by atoms with Crippen LogP contribution in [0, 0.1) is 0 Å². The van der Waals surface area contributed by atoms with Crippen molar-refractivity contribution in [1.82, 2.24) is 15.5 Å². The van der Waals surface area contributed by atoms with Crippen LogP contribution in [0.15, 0.2) is 54.6 Å². The molecule has 4 rings (SSSR count). The van der Waals surface area contributed by atoms with E-state index in [4.69, 9.17) is 0 Å². The third-order valence-corrected chi connectivity index (χ3v) is 4.97. The summed E-state index contributed by atoms with van der Waals surface area (Å²) in [5, 5.41) is 12.4. The van der Waals surface area contributed by atoms with Crippen LogP contribution < -0.4 is 10.6 Å². The highest BCUT2D eigenvalue weighted by atomic mass is 15.2. The van der Waals surface area contributed by atoms with Crippen molar-refractivity contribution < 1.29 is 0 Å². The maximum atomic E-state index is 3.63. The summed E-state index contributed by atoms with van der Waals surface area (Å²) in [6, 6.07) is 19.9. The Kier molecular flexibility index (Phi) is 4.74. The highest BCUT2D eigenvalue weighted by Gasteiger charge is 2.08. The van der Waals surface area contributed by atoms with E-state index < -0.39 is 0 Å². The van der Waals surface area contributed by atoms with E-state index in [-0.39, 0.29) is 0 Å². The number of fused-ring (bicyclic) bond motifs is 2. The number of hydrogen-bond donors (Lipinski definition) is 2. The molecule has 0 unspecified atom stereocenters. The zero-order valence-electron chi connectivity index (χ0n) is 14.1. The largest absolute Gasteiger partial charge is 0.314 e. The minimum Gasteiger partial charge on any atom is -0.314 e. The first kappa shape index (κ1) is 15.6. The fourth-order valence-corrected chi connectivity index (χ4v) is 3.58. The van der Waals surface area contributed by atoms with Gasteiger partial charge in [0.25, 0.3) is 0 Å². The molecule has 0 spiro atoms. The molecule has 3 aromatic carbocycles. The lowest BCUT2D eigenvalue weighted by molar-refractivity contribution is 0.241. The Morgan fingerprint density at radius 2 is 1.62 bits per heavy atom. The topological polar surface area (TPSA) is 27.3 Å². The van der Waals surface area contributed by atoms with Gasteiger partial charge in [0.1, 0.15) is 0 Å². The molecule has 1 aliphatic rings. The fraction of sp³-hybridized carbons (Fsp3) is 0.333. The molecule has 24 heavy (non-hydrogen) atoms. The third kappa shape index (κ3) is 3.44. The molecular formula is C21H25N3. The van der Waals surface area contributed by atoms with E-state index in [2.05, 4.69) is 70.1 Å². The van der Waals surface area contributed by atoms with E-state index in [0.29, 0.717) is 0 Å². The first-order valence-corrected chi connectivity index (χ1v) is 8.94. The quantitative estimate of drug-likeness (QED) is 0.559. The number of piperazine rings is 1. The van der Waals surface area contributed by atoms with Crippen LogP contribution in [0.5, 0.6) is 0 Å². The summed E-state index contributed by atoms with van der Waals surface area (Å²) in [5.41, 5.74) is 1.39. The van der Waals surface area contributed by atoms with Crippen molar-refractivity contribution in [3.8, 4) is 0 Å². The van der Waals surface area contributed by atoms with Gasteiger partial charge in [-0.3, -0.25) is 4.90 Å². The van der Waals surface area contributed by atoms with Gasteiger partial charge in [0.2, 0.25) is 0 Å². The molecule has 1 aliphatic heterocycles. The molecule has 0 aliphatic carbocycles. The Balaban J connectivity index is 1.46. The van der Waals surface area contributed by atoms with Gasteiger partial charge in [-0.2, -0.15) is 0 Å². The number of rotatable bonds is 5. The molecule has 124 valence electrons. The monoisotopic (exact) mass is 319 g/mol. The van der Waals surface area contributed by atoms with Crippen LogP contribution in [-0.2, 0) is 6.54 Å². The minimum absolute atomic E-state index is 0.932. The predicted octanol–water partition coefficient (Wildman–Crippen LogP) is 2.99. The van der Waals surface area contributed by atoms with Gasteiger partial charge in [0, 0.05) is 45.8 Å². The number of hydrogen-bond acceptors (Lipinski definition) is 3. The van der Waals surface area contributed by atoms with Crippen LogP contribution in [0.3, 0.4) is 0 Å². The second-order valence-electron chi connectivity index (χ2n) is 6.61. The second kappa shape index (κ2) is 7.31. The lowest BCUT2D eigenvalue weighted by Gasteiger charge is -2.27. The summed E-state index contributed by atoms with van der Waals surface area (Å²) in [6.45, 7) is 7.69. The summed E-state index contributed by atoms with van der Waals surface area (Å²) < 4.78 is 0. The maximum Gasteiger partial charge on any atom is 0.0212 e. The molecule has 0 atom stereocenters. The average Bonchev–Trinajstić information content (AvgIpc) is 2.64. The van der Waals surface area contributed by atoms with Crippen LogP contribution in [0.1, 0.15) is 5.56 Å². The van der Waals surface area contributed by atoms with Crippen molar-refractivity contribution in [2.45, 2.75) is 6.54 Å². The lowest BCUT2D eigenvalue weighted by atomic mass is 10.00. The Labute approximate surface area is 143 Å². The predicted molar refractivity (Wildman–Crippen MR) is 102 cm³/mol. The van der Waals surface area contributed by atoms with Crippen LogP contribution >= 0.6 is 0 Å². The van der Waals surface area contributed by atoms with Gasteiger partial charge in [0.15, 0.2) is 0 Å². The summed E-state index contributed by atoms with van der Waals surface area (Å²) in [4.78, 5) is 2.53. The van der Waals surface area contributed by atoms with Gasteiger partial charge < -0.3 is 10.6 Å². The summed E-state index contributed by atoms with van der Waals surface area (Å²) >= 11 is 0. The number of benzene rings is 3. The lowest BCUT2D eigenvalue weighted by Crippen LogP contribution is -2.45. The number of nitrogens with one attached hydrogen (secondary N) is 2. The molecule has 3 aromatic rings. The van der Waals surface area contributed by atoms with Crippen molar-refractivity contribution in [2.24, 2.45) is 0 Å². The minimum atomic E-state index is 0.932. The molecule has 3 heteroatoms. The Bertz CT molecular complexity index is 822. The zero-order chi connectivity index (χ0) is 16.2. The smallest absolute Gasteiger partial charge is 0.0212 e. The molecule has 0 radical (unpaired) electrons. The normalized spacial score (nSPS) is 16.0. The van der Waals surface area contributed by atoms with Gasteiger partial charge in [-0.1, -0.05) is 42.5 Å². The first-order chi connectivity index (χ1) is 11.9. The average molecular weight is 319 g/mol. The first-order valence-electron chi connectivity index (χ1n) is 8.94. The third-order valence-electron chi connectivity index (χ3n) is 4.97. The van der Waals surface area contributed by atoms with E-state index >= 15 is 0 Å². The van der Waals surface area contributed by atoms with E-state index in [0.717, 1.165) is 32.7 Å². The maximum absolute atomic E-state index is 3.63. The SMILES string of the molecule is c1ccc2cc3c(CNCCN4CCNCC4)cccc3cc2c1. The van der Waals surface area contributed by atoms with E-state index in [1.165, 1.54) is 40.2 Å². The van der Waals surface area contributed by atoms with Crippen molar-refractivity contribution >= 4 is 21.5 Å². The highest BCUT2D eigenvalue weighted by molar-refractivity contribution is 5.99. The fourth-order valence-electron chi connectivity index (χ4n) is 3.58. The van der Waals surface area contributed by atoms with E-state index in [1.807, 2.05) is 0 Å². The Hall–Kier alpha value is -1.94. The molecule has 0 saturated carbocycles. The molecule has 0 bridgehead atoms. The standard InChI is InChI=1S/C21H25N3/c1-2-5-18-15-21-19(14-17(18)4-1)6-3-7-20(21)16-23-10-13-24-11-8-22-9-12-24/h1-7,14-15,22-23H,8-13,16H2. The Morgan fingerprint density at radius 3 is 2.46 bits per heavy atom. The molecule has 2 N–H and O–H groups in total. The van der Waals surface area contributed by atoms with E-state index in [1.54, 1.807) is 0 Å². The van der Waals surface area contributed by atoms with Gasteiger partial charge in [-0.15, -0.1) is 0 Å². The Morgan fingerprint density at radius 1 is 0.875 bits per heavy atom. The van der Waals surface area contributed by atoms with Crippen molar-refractivity contribution in [2.75, 3.05) is 39.3 Å². The van der Waals surface area contributed by atoms with Gasteiger partial charge in [-0.25, -0.2) is 0 Å². The van der Waals surface area contributed by atoms with Gasteiger partial charge in [0.05, 0.1) is 0 Å². The molecular weight excluding hydrogens is 294 g/mol. The van der Waals surface area contributed by atoms with Gasteiger partial charge in [-0.05, 0) is 39.2 Å². The second-order valence-corrected chi connectivity index (χ2v) is 6.61. The van der Waals surface area contributed by atoms with Crippen LogP contribution in [-0.4, -0.2) is 44.2 Å². The number of nitrogens with zero attached hydrogens (tertiary/aromatic N) is 1.